The first kappa shape index (κ1) is 13.8. The van der Waals surface area contributed by atoms with E-state index in [0.29, 0.717) is 6.54 Å². The van der Waals surface area contributed by atoms with Crippen molar-refractivity contribution in [2.75, 3.05) is 6.54 Å². The second-order valence-corrected chi connectivity index (χ2v) is 4.78. The van der Waals surface area contributed by atoms with Crippen LogP contribution in [0.1, 0.15) is 31.4 Å². The topological polar surface area (TPSA) is 64.1 Å². The standard InChI is InChI=1S/C15H21N3O/c1-2-6-12(9-16)15(19)13-10-17-18(11-13)14-7-4-3-5-8-14/h3-5,7-8,10-12,15,19H,2,6,9,16H2,1H3. The molecule has 2 atom stereocenters. The van der Waals surface area contributed by atoms with Crippen LogP contribution in [0.5, 0.6) is 0 Å². The lowest BCUT2D eigenvalue weighted by Gasteiger charge is -2.19. The number of hydrogen-bond donors (Lipinski definition) is 2. The molecule has 0 fully saturated rings. The first-order valence-electron chi connectivity index (χ1n) is 6.74. The van der Waals surface area contributed by atoms with Crippen molar-refractivity contribution in [3.63, 3.8) is 0 Å². The van der Waals surface area contributed by atoms with Gasteiger partial charge in [0.25, 0.3) is 0 Å². The van der Waals surface area contributed by atoms with E-state index in [9.17, 15) is 5.11 Å². The summed E-state index contributed by atoms with van der Waals surface area (Å²) in [6, 6.07) is 9.86. The van der Waals surface area contributed by atoms with E-state index in [-0.39, 0.29) is 5.92 Å². The third-order valence-corrected chi connectivity index (χ3v) is 3.37. The highest BCUT2D eigenvalue weighted by atomic mass is 16.3. The van der Waals surface area contributed by atoms with Crippen LogP contribution >= 0.6 is 0 Å². The molecule has 4 nitrogen and oxygen atoms in total. The van der Waals surface area contributed by atoms with Crippen molar-refractivity contribution in [3.05, 3.63) is 48.3 Å². The highest BCUT2D eigenvalue weighted by molar-refractivity contribution is 5.31. The van der Waals surface area contributed by atoms with Gasteiger partial charge in [-0.3, -0.25) is 0 Å². The van der Waals surface area contributed by atoms with E-state index in [2.05, 4.69) is 12.0 Å². The molecule has 2 aromatic rings. The fourth-order valence-electron chi connectivity index (χ4n) is 2.26. The molecule has 2 rings (SSSR count). The maximum atomic E-state index is 10.3. The molecular formula is C15H21N3O. The Morgan fingerprint density at radius 2 is 2.05 bits per heavy atom. The summed E-state index contributed by atoms with van der Waals surface area (Å²) >= 11 is 0. The second kappa shape index (κ2) is 6.50. The summed E-state index contributed by atoms with van der Waals surface area (Å²) < 4.78 is 1.78. The van der Waals surface area contributed by atoms with Crippen LogP contribution < -0.4 is 5.73 Å². The number of aliphatic hydroxyl groups excluding tert-OH is 1. The molecule has 4 heteroatoms. The molecule has 2 unspecified atom stereocenters. The number of aromatic nitrogens is 2. The highest BCUT2D eigenvalue weighted by Crippen LogP contribution is 2.25. The molecule has 0 aliphatic carbocycles. The lowest BCUT2D eigenvalue weighted by molar-refractivity contribution is 0.107. The maximum absolute atomic E-state index is 10.3. The molecule has 19 heavy (non-hydrogen) atoms. The van der Waals surface area contributed by atoms with Gasteiger partial charge in [-0.15, -0.1) is 0 Å². The van der Waals surface area contributed by atoms with Crippen LogP contribution in [0.3, 0.4) is 0 Å². The molecule has 0 bridgehead atoms. The maximum Gasteiger partial charge on any atom is 0.0860 e. The van der Waals surface area contributed by atoms with Crippen LogP contribution in [0, 0.1) is 5.92 Å². The minimum absolute atomic E-state index is 0.0958. The van der Waals surface area contributed by atoms with Gasteiger partial charge in [-0.2, -0.15) is 5.10 Å². The first-order chi connectivity index (χ1) is 9.26. The predicted molar refractivity (Wildman–Crippen MR) is 76.0 cm³/mol. The predicted octanol–water partition coefficient (Wildman–Crippen LogP) is 2.28. The quantitative estimate of drug-likeness (QED) is 0.836. The zero-order chi connectivity index (χ0) is 13.7. The molecule has 0 saturated heterocycles. The summed E-state index contributed by atoms with van der Waals surface area (Å²) in [7, 11) is 0. The average Bonchev–Trinajstić information content (AvgIpc) is 2.95. The van der Waals surface area contributed by atoms with Crippen molar-refractivity contribution in [2.24, 2.45) is 11.7 Å². The minimum atomic E-state index is -0.539. The number of nitrogens with two attached hydrogens (primary N) is 1. The number of benzene rings is 1. The lowest BCUT2D eigenvalue weighted by atomic mass is 9.94. The first-order valence-corrected chi connectivity index (χ1v) is 6.74. The summed E-state index contributed by atoms with van der Waals surface area (Å²) in [5.41, 5.74) is 7.54. The van der Waals surface area contributed by atoms with Crippen molar-refractivity contribution in [1.29, 1.82) is 0 Å². The largest absolute Gasteiger partial charge is 0.388 e. The van der Waals surface area contributed by atoms with E-state index in [0.717, 1.165) is 24.1 Å². The Balaban J connectivity index is 2.16. The van der Waals surface area contributed by atoms with Gasteiger partial charge in [-0.1, -0.05) is 31.5 Å². The van der Waals surface area contributed by atoms with Gasteiger partial charge < -0.3 is 10.8 Å². The van der Waals surface area contributed by atoms with E-state index < -0.39 is 6.10 Å². The van der Waals surface area contributed by atoms with Crippen LogP contribution in [-0.2, 0) is 0 Å². The summed E-state index contributed by atoms with van der Waals surface area (Å²) in [5.74, 6) is 0.0958. The van der Waals surface area contributed by atoms with Gasteiger partial charge in [-0.05, 0) is 25.1 Å². The Labute approximate surface area is 113 Å². The molecule has 1 aromatic carbocycles. The van der Waals surface area contributed by atoms with Crippen LogP contribution in [0.4, 0.5) is 0 Å². The van der Waals surface area contributed by atoms with Crippen LogP contribution in [0.15, 0.2) is 42.7 Å². The van der Waals surface area contributed by atoms with E-state index in [1.54, 1.807) is 10.9 Å². The van der Waals surface area contributed by atoms with Crippen molar-refractivity contribution in [1.82, 2.24) is 9.78 Å². The van der Waals surface area contributed by atoms with Gasteiger partial charge in [0.15, 0.2) is 0 Å². The van der Waals surface area contributed by atoms with Crippen LogP contribution in [0.2, 0.25) is 0 Å². The van der Waals surface area contributed by atoms with Gasteiger partial charge >= 0.3 is 0 Å². The van der Waals surface area contributed by atoms with E-state index in [1.165, 1.54) is 0 Å². The Kier molecular flexibility index (Phi) is 4.71. The number of nitrogens with zero attached hydrogens (tertiary/aromatic N) is 2. The third-order valence-electron chi connectivity index (χ3n) is 3.37. The van der Waals surface area contributed by atoms with Crippen molar-refractivity contribution >= 4 is 0 Å². The van der Waals surface area contributed by atoms with E-state index >= 15 is 0 Å². The molecular weight excluding hydrogens is 238 g/mol. The van der Waals surface area contributed by atoms with Crippen LogP contribution in [0.25, 0.3) is 5.69 Å². The SMILES string of the molecule is CCCC(CN)C(O)c1cnn(-c2ccccc2)c1. The number of para-hydroxylation sites is 1. The molecule has 102 valence electrons. The van der Waals surface area contributed by atoms with Gasteiger partial charge in [0, 0.05) is 17.7 Å². The highest BCUT2D eigenvalue weighted by Gasteiger charge is 2.20. The summed E-state index contributed by atoms with van der Waals surface area (Å²) in [6.07, 6.45) is 5.00. The van der Waals surface area contributed by atoms with Gasteiger partial charge in [0.2, 0.25) is 0 Å². The molecule has 0 radical (unpaired) electrons. The second-order valence-electron chi connectivity index (χ2n) is 4.78. The Morgan fingerprint density at radius 1 is 1.32 bits per heavy atom. The molecule has 0 amide bonds. The molecule has 1 heterocycles. The van der Waals surface area contributed by atoms with E-state index in [1.807, 2.05) is 36.5 Å². The van der Waals surface area contributed by atoms with Gasteiger partial charge in [0.05, 0.1) is 18.0 Å². The zero-order valence-corrected chi connectivity index (χ0v) is 11.2. The van der Waals surface area contributed by atoms with E-state index in [4.69, 9.17) is 5.73 Å². The zero-order valence-electron chi connectivity index (χ0n) is 11.2. The number of hydrogen-bond acceptors (Lipinski definition) is 3. The van der Waals surface area contributed by atoms with Crippen molar-refractivity contribution in [2.45, 2.75) is 25.9 Å². The summed E-state index contributed by atoms with van der Waals surface area (Å²) in [4.78, 5) is 0. The van der Waals surface area contributed by atoms with Crippen molar-refractivity contribution in [3.8, 4) is 5.69 Å². The Bertz CT molecular complexity index is 495. The van der Waals surface area contributed by atoms with Crippen molar-refractivity contribution < 1.29 is 5.11 Å². The molecule has 1 aromatic heterocycles. The Morgan fingerprint density at radius 3 is 2.68 bits per heavy atom. The summed E-state index contributed by atoms with van der Waals surface area (Å²) in [6.45, 7) is 2.59. The molecule has 3 N–H and O–H groups in total. The number of rotatable bonds is 6. The lowest BCUT2D eigenvalue weighted by Crippen LogP contribution is -2.21. The Hall–Kier alpha value is -1.65. The third kappa shape index (κ3) is 3.22. The molecule has 0 spiro atoms. The van der Waals surface area contributed by atoms with Crippen LogP contribution in [-0.4, -0.2) is 21.4 Å². The summed E-state index contributed by atoms with van der Waals surface area (Å²) in [5, 5.41) is 14.6. The van der Waals surface area contributed by atoms with Gasteiger partial charge in [0.1, 0.15) is 0 Å². The number of aliphatic hydroxyl groups is 1. The molecule has 0 saturated carbocycles. The molecule has 0 aliphatic rings. The minimum Gasteiger partial charge on any atom is -0.388 e. The van der Waals surface area contributed by atoms with Gasteiger partial charge in [-0.25, -0.2) is 4.68 Å². The smallest absolute Gasteiger partial charge is 0.0860 e. The average molecular weight is 259 g/mol. The normalized spacial score (nSPS) is 14.3. The monoisotopic (exact) mass is 259 g/mol. The fourth-order valence-corrected chi connectivity index (χ4v) is 2.26. The molecule has 0 aliphatic heterocycles. The fraction of sp³-hybridized carbons (Fsp3) is 0.400.